The van der Waals surface area contributed by atoms with Gasteiger partial charge in [-0.1, -0.05) is 26.7 Å². The summed E-state index contributed by atoms with van der Waals surface area (Å²) in [6, 6.07) is 0.693. The lowest BCUT2D eigenvalue weighted by Gasteiger charge is -2.45. The van der Waals surface area contributed by atoms with E-state index in [4.69, 9.17) is 0 Å². The van der Waals surface area contributed by atoms with Crippen LogP contribution < -0.4 is 5.32 Å². The van der Waals surface area contributed by atoms with E-state index in [0.29, 0.717) is 11.5 Å². The lowest BCUT2D eigenvalue weighted by molar-refractivity contribution is 0.0691. The molecule has 20 heavy (non-hydrogen) atoms. The number of rotatable bonds is 6. The normalized spacial score (nSPS) is 29.7. The van der Waals surface area contributed by atoms with Crippen LogP contribution in [0.1, 0.15) is 73.6 Å². The molecule has 0 spiro atoms. The Bertz CT molecular complexity index is 282. The van der Waals surface area contributed by atoms with E-state index in [1.807, 2.05) is 0 Å². The molecular weight excluding hydrogens is 244 g/mol. The molecule has 0 bridgehead atoms. The first-order valence-electron chi connectivity index (χ1n) is 8.63. The Hall–Kier alpha value is -0.0800. The minimum atomic E-state index is 0.225. The zero-order chi connectivity index (χ0) is 15.4. The predicted octanol–water partition coefficient (Wildman–Crippen LogP) is 4.30. The van der Waals surface area contributed by atoms with Crippen LogP contribution in [0.4, 0.5) is 0 Å². The Morgan fingerprint density at radius 1 is 1.35 bits per heavy atom. The monoisotopic (exact) mass is 282 g/mol. The maximum absolute atomic E-state index is 3.79. The highest BCUT2D eigenvalue weighted by molar-refractivity contribution is 4.91. The van der Waals surface area contributed by atoms with Crippen LogP contribution in [0.3, 0.4) is 0 Å². The van der Waals surface area contributed by atoms with Crippen molar-refractivity contribution in [2.24, 2.45) is 11.3 Å². The number of hydrogen-bond acceptors (Lipinski definition) is 2. The first-order chi connectivity index (χ1) is 9.17. The van der Waals surface area contributed by atoms with Gasteiger partial charge in [-0.25, -0.2) is 0 Å². The van der Waals surface area contributed by atoms with Crippen LogP contribution in [0.25, 0.3) is 0 Å². The second-order valence-corrected chi connectivity index (χ2v) is 8.48. The van der Waals surface area contributed by atoms with E-state index in [9.17, 15) is 0 Å². The minimum Gasteiger partial charge on any atom is -0.311 e. The zero-order valence-corrected chi connectivity index (χ0v) is 15.1. The van der Waals surface area contributed by atoms with Gasteiger partial charge in [0.15, 0.2) is 0 Å². The summed E-state index contributed by atoms with van der Waals surface area (Å²) in [6.45, 7) is 16.4. The summed E-state index contributed by atoms with van der Waals surface area (Å²) in [4.78, 5) is 2.59. The number of hydrogen-bond donors (Lipinski definition) is 1. The summed E-state index contributed by atoms with van der Waals surface area (Å²) in [7, 11) is 2.31. The molecule has 0 amide bonds. The van der Waals surface area contributed by atoms with Crippen molar-refractivity contribution >= 4 is 0 Å². The maximum atomic E-state index is 3.79. The van der Waals surface area contributed by atoms with Crippen molar-refractivity contribution < 1.29 is 0 Å². The second kappa shape index (κ2) is 7.26. The smallest absolute Gasteiger partial charge is 0.00967 e. The Labute approximate surface area is 127 Å². The average Bonchev–Trinajstić information content (AvgIpc) is 2.34. The average molecular weight is 283 g/mol. The van der Waals surface area contributed by atoms with Crippen molar-refractivity contribution in [3.63, 3.8) is 0 Å². The van der Waals surface area contributed by atoms with Gasteiger partial charge >= 0.3 is 0 Å². The molecule has 0 saturated heterocycles. The highest BCUT2D eigenvalue weighted by Crippen LogP contribution is 2.40. The van der Waals surface area contributed by atoms with Gasteiger partial charge in [0.25, 0.3) is 0 Å². The highest BCUT2D eigenvalue weighted by atomic mass is 15.1. The fourth-order valence-corrected chi connectivity index (χ4v) is 3.58. The number of nitrogens with one attached hydrogen (secondary N) is 1. The van der Waals surface area contributed by atoms with Crippen molar-refractivity contribution in [2.75, 3.05) is 20.1 Å². The molecule has 0 radical (unpaired) electrons. The molecule has 1 saturated carbocycles. The SMILES string of the molecule is CCC(C)N(C)CC1(CNC(C)(C)C)CCCC(C)C1. The summed E-state index contributed by atoms with van der Waals surface area (Å²) in [5, 5.41) is 3.79. The van der Waals surface area contributed by atoms with E-state index in [0.717, 1.165) is 5.92 Å². The highest BCUT2D eigenvalue weighted by Gasteiger charge is 2.37. The van der Waals surface area contributed by atoms with Crippen LogP contribution in [-0.4, -0.2) is 36.6 Å². The fraction of sp³-hybridized carbons (Fsp3) is 1.00. The van der Waals surface area contributed by atoms with Crippen LogP contribution in [0.15, 0.2) is 0 Å². The van der Waals surface area contributed by atoms with E-state index in [2.05, 4.69) is 58.8 Å². The molecule has 1 rings (SSSR count). The summed E-state index contributed by atoms with van der Waals surface area (Å²) in [5.74, 6) is 0.885. The Balaban J connectivity index is 2.73. The summed E-state index contributed by atoms with van der Waals surface area (Å²) in [6.07, 6.45) is 6.85. The molecule has 120 valence electrons. The van der Waals surface area contributed by atoms with Gasteiger partial charge in [0, 0.05) is 24.7 Å². The fourth-order valence-electron chi connectivity index (χ4n) is 3.58. The summed E-state index contributed by atoms with van der Waals surface area (Å²) < 4.78 is 0. The summed E-state index contributed by atoms with van der Waals surface area (Å²) >= 11 is 0. The first kappa shape index (κ1) is 18.0. The molecule has 0 heterocycles. The van der Waals surface area contributed by atoms with E-state index >= 15 is 0 Å². The molecule has 1 aliphatic rings. The van der Waals surface area contributed by atoms with E-state index < -0.39 is 0 Å². The van der Waals surface area contributed by atoms with E-state index in [1.54, 1.807) is 0 Å². The Morgan fingerprint density at radius 3 is 2.50 bits per heavy atom. The molecule has 0 aromatic carbocycles. The van der Waals surface area contributed by atoms with Crippen LogP contribution in [0, 0.1) is 11.3 Å². The zero-order valence-electron chi connectivity index (χ0n) is 15.1. The largest absolute Gasteiger partial charge is 0.311 e. The molecule has 2 nitrogen and oxygen atoms in total. The van der Waals surface area contributed by atoms with Gasteiger partial charge in [-0.3, -0.25) is 0 Å². The van der Waals surface area contributed by atoms with Gasteiger partial charge in [-0.05, 0) is 65.3 Å². The third-order valence-electron chi connectivity index (χ3n) is 5.11. The van der Waals surface area contributed by atoms with Crippen molar-refractivity contribution in [3.05, 3.63) is 0 Å². The van der Waals surface area contributed by atoms with Crippen LogP contribution >= 0.6 is 0 Å². The van der Waals surface area contributed by atoms with Gasteiger partial charge in [0.05, 0.1) is 0 Å². The standard InChI is InChI=1S/C18H38N2/c1-8-16(3)20(7)14-18(13-19-17(4,5)6)11-9-10-15(2)12-18/h15-16,19H,8-14H2,1-7H3. The van der Waals surface area contributed by atoms with Gasteiger partial charge in [0.2, 0.25) is 0 Å². The van der Waals surface area contributed by atoms with Crippen LogP contribution in [-0.2, 0) is 0 Å². The third kappa shape index (κ3) is 5.73. The molecule has 1 aliphatic carbocycles. The van der Waals surface area contributed by atoms with Gasteiger partial charge in [-0.15, -0.1) is 0 Å². The molecule has 0 aromatic rings. The summed E-state index contributed by atoms with van der Waals surface area (Å²) in [5.41, 5.74) is 0.700. The number of nitrogens with zero attached hydrogens (tertiary/aromatic N) is 1. The molecule has 1 fully saturated rings. The van der Waals surface area contributed by atoms with E-state index in [-0.39, 0.29) is 5.54 Å². The molecule has 3 atom stereocenters. The Kier molecular flexibility index (Phi) is 6.53. The van der Waals surface area contributed by atoms with Crippen molar-refractivity contribution in [2.45, 2.75) is 85.2 Å². The van der Waals surface area contributed by atoms with Crippen molar-refractivity contribution in [1.29, 1.82) is 0 Å². The van der Waals surface area contributed by atoms with Crippen molar-refractivity contribution in [1.82, 2.24) is 10.2 Å². The Morgan fingerprint density at radius 2 is 2.00 bits per heavy atom. The molecule has 0 aliphatic heterocycles. The second-order valence-electron chi connectivity index (χ2n) is 8.48. The van der Waals surface area contributed by atoms with Gasteiger partial charge in [0.1, 0.15) is 0 Å². The molecular formula is C18H38N2. The minimum absolute atomic E-state index is 0.225. The lowest BCUT2D eigenvalue weighted by atomic mass is 9.69. The van der Waals surface area contributed by atoms with Gasteiger partial charge in [-0.2, -0.15) is 0 Å². The van der Waals surface area contributed by atoms with Crippen molar-refractivity contribution in [3.8, 4) is 0 Å². The predicted molar refractivity (Wildman–Crippen MR) is 90.2 cm³/mol. The lowest BCUT2D eigenvalue weighted by Crippen LogP contribution is -2.51. The quantitative estimate of drug-likeness (QED) is 0.781. The van der Waals surface area contributed by atoms with Crippen LogP contribution in [0.5, 0.6) is 0 Å². The maximum Gasteiger partial charge on any atom is 0.00967 e. The third-order valence-corrected chi connectivity index (χ3v) is 5.11. The van der Waals surface area contributed by atoms with Crippen LogP contribution in [0.2, 0.25) is 0 Å². The topological polar surface area (TPSA) is 15.3 Å². The van der Waals surface area contributed by atoms with Gasteiger partial charge < -0.3 is 10.2 Å². The molecule has 0 aromatic heterocycles. The molecule has 1 N–H and O–H groups in total. The molecule has 3 unspecified atom stereocenters. The molecule has 2 heteroatoms. The first-order valence-corrected chi connectivity index (χ1v) is 8.63. The van der Waals surface area contributed by atoms with E-state index in [1.165, 1.54) is 45.2 Å².